The third kappa shape index (κ3) is 4.68. The lowest BCUT2D eigenvalue weighted by molar-refractivity contribution is -0.115. The van der Waals surface area contributed by atoms with Gasteiger partial charge in [-0.25, -0.2) is 4.99 Å². The minimum Gasteiger partial charge on any atom is -0.342 e. The highest BCUT2D eigenvalue weighted by Gasteiger charge is 2.24. The summed E-state index contributed by atoms with van der Waals surface area (Å²) in [7, 11) is 0. The van der Waals surface area contributed by atoms with Crippen LogP contribution in [0.5, 0.6) is 0 Å². The van der Waals surface area contributed by atoms with Crippen LogP contribution >= 0.6 is 46.6 Å². The Morgan fingerprint density at radius 1 is 0.939 bits per heavy atom. The van der Waals surface area contributed by atoms with Crippen molar-refractivity contribution in [1.29, 1.82) is 0 Å². The molecule has 5 rings (SSSR count). The van der Waals surface area contributed by atoms with Gasteiger partial charge in [-0.3, -0.25) is 4.79 Å². The maximum atomic E-state index is 12.6. The van der Waals surface area contributed by atoms with Gasteiger partial charge >= 0.3 is 0 Å². The van der Waals surface area contributed by atoms with Crippen LogP contribution in [0.15, 0.2) is 82.8 Å². The zero-order valence-electron chi connectivity index (χ0n) is 17.1. The Hall–Kier alpha value is -2.70. The number of carbonyl (C=O) groups is 1. The van der Waals surface area contributed by atoms with E-state index in [4.69, 9.17) is 34.8 Å². The molecule has 8 heteroatoms. The number of thioether (sulfide) groups is 1. The average Bonchev–Trinajstić information content (AvgIpc) is 3.32. The molecule has 0 radical (unpaired) electrons. The number of nitrogens with zero attached hydrogens (tertiary/aromatic N) is 2. The van der Waals surface area contributed by atoms with Crippen LogP contribution in [0.1, 0.15) is 11.1 Å². The number of amides is 1. The number of para-hydroxylation sites is 2. The van der Waals surface area contributed by atoms with Gasteiger partial charge < -0.3 is 9.88 Å². The predicted molar refractivity (Wildman–Crippen MR) is 140 cm³/mol. The normalized spacial score (nSPS) is 16.2. The van der Waals surface area contributed by atoms with Gasteiger partial charge in [0.1, 0.15) is 0 Å². The number of nitrogens with one attached hydrogen (secondary N) is 1. The Morgan fingerprint density at radius 3 is 2.55 bits per heavy atom. The molecule has 1 saturated heterocycles. The number of fused-ring (bicyclic) bond motifs is 1. The molecule has 4 aromatic rings. The maximum absolute atomic E-state index is 12.6. The van der Waals surface area contributed by atoms with Crippen LogP contribution < -0.4 is 5.32 Å². The Labute approximate surface area is 209 Å². The summed E-state index contributed by atoms with van der Waals surface area (Å²) in [6.45, 7) is 0.624. The summed E-state index contributed by atoms with van der Waals surface area (Å²) in [5, 5.41) is 5.95. The quantitative estimate of drug-likeness (QED) is 0.287. The maximum Gasteiger partial charge on any atom is 0.264 e. The van der Waals surface area contributed by atoms with E-state index in [2.05, 4.69) is 20.9 Å². The second kappa shape index (κ2) is 9.27. The highest BCUT2D eigenvalue weighted by atomic mass is 35.5. The second-order valence-electron chi connectivity index (χ2n) is 7.41. The van der Waals surface area contributed by atoms with Crippen molar-refractivity contribution in [3.8, 4) is 0 Å². The summed E-state index contributed by atoms with van der Waals surface area (Å²) in [5.41, 5.74) is 3.65. The van der Waals surface area contributed by atoms with Gasteiger partial charge in [-0.1, -0.05) is 71.2 Å². The van der Waals surface area contributed by atoms with E-state index in [1.54, 1.807) is 18.2 Å². The molecule has 1 aliphatic heterocycles. The Balaban J connectivity index is 1.48. The summed E-state index contributed by atoms with van der Waals surface area (Å²) in [4.78, 5) is 17.7. The SMILES string of the molecule is O=C1NC(=Nc2ccccc2Cl)S/C1=C\c1cn(Cc2ccc(Cl)c(Cl)c2)c2ccccc12. The van der Waals surface area contributed by atoms with Gasteiger partial charge in [0.2, 0.25) is 0 Å². The molecule has 33 heavy (non-hydrogen) atoms. The molecule has 0 unspecified atom stereocenters. The van der Waals surface area contributed by atoms with E-state index in [1.165, 1.54) is 11.8 Å². The highest BCUT2D eigenvalue weighted by molar-refractivity contribution is 8.18. The molecule has 1 N–H and O–H groups in total. The first-order valence-electron chi connectivity index (χ1n) is 10.0. The molecule has 1 fully saturated rings. The molecule has 1 aliphatic rings. The molecule has 4 nitrogen and oxygen atoms in total. The van der Waals surface area contributed by atoms with Crippen molar-refractivity contribution in [2.75, 3.05) is 0 Å². The van der Waals surface area contributed by atoms with Crippen LogP contribution in [0, 0.1) is 0 Å². The van der Waals surface area contributed by atoms with Crippen LogP contribution in [0.25, 0.3) is 17.0 Å². The third-order valence-electron chi connectivity index (χ3n) is 5.17. The molecule has 2 heterocycles. The number of amidine groups is 1. The largest absolute Gasteiger partial charge is 0.342 e. The second-order valence-corrected chi connectivity index (χ2v) is 9.66. The topological polar surface area (TPSA) is 46.4 Å². The van der Waals surface area contributed by atoms with Gasteiger partial charge in [0, 0.05) is 29.2 Å². The van der Waals surface area contributed by atoms with Crippen molar-refractivity contribution in [3.05, 3.63) is 104 Å². The number of halogens is 3. The zero-order valence-corrected chi connectivity index (χ0v) is 20.1. The van der Waals surface area contributed by atoms with Crippen molar-refractivity contribution in [3.63, 3.8) is 0 Å². The van der Waals surface area contributed by atoms with Gasteiger partial charge in [-0.2, -0.15) is 0 Å². The van der Waals surface area contributed by atoms with Gasteiger partial charge in [0.25, 0.3) is 5.91 Å². The van der Waals surface area contributed by atoms with Gasteiger partial charge in [-0.15, -0.1) is 0 Å². The Bertz CT molecular complexity index is 1460. The van der Waals surface area contributed by atoms with Crippen molar-refractivity contribution in [1.82, 2.24) is 9.88 Å². The van der Waals surface area contributed by atoms with Crippen LogP contribution in [0.3, 0.4) is 0 Å². The first-order chi connectivity index (χ1) is 16.0. The number of rotatable bonds is 4. The number of aliphatic imine (C=N–C) groups is 1. The van der Waals surface area contributed by atoms with Crippen molar-refractivity contribution >= 4 is 80.3 Å². The van der Waals surface area contributed by atoms with Crippen molar-refractivity contribution in [2.45, 2.75) is 6.54 Å². The van der Waals surface area contributed by atoms with E-state index in [1.807, 2.05) is 54.7 Å². The molecule has 0 saturated carbocycles. The van der Waals surface area contributed by atoms with E-state index in [0.717, 1.165) is 22.0 Å². The van der Waals surface area contributed by atoms with Gasteiger partial charge in [0.05, 0.1) is 25.7 Å². The van der Waals surface area contributed by atoms with E-state index in [-0.39, 0.29) is 5.91 Å². The number of carbonyl (C=O) groups excluding carboxylic acids is 1. The molecule has 0 aliphatic carbocycles. The third-order valence-corrected chi connectivity index (χ3v) is 7.14. The minimum absolute atomic E-state index is 0.188. The zero-order chi connectivity index (χ0) is 22.9. The van der Waals surface area contributed by atoms with E-state index >= 15 is 0 Å². The molecule has 164 valence electrons. The molecule has 0 atom stereocenters. The standard InChI is InChI=1S/C25H16Cl3N3OS/c26-18-10-9-15(11-20(18)28)13-31-14-16(17-5-1-4-8-22(17)31)12-23-24(32)30-25(33-23)29-21-7-3-2-6-19(21)27/h1-12,14H,13H2,(H,29,30,32)/b23-12-. The number of aromatic nitrogens is 1. The van der Waals surface area contributed by atoms with E-state index in [0.29, 0.717) is 37.4 Å². The van der Waals surface area contributed by atoms with Crippen LogP contribution in [0.2, 0.25) is 15.1 Å². The summed E-state index contributed by atoms with van der Waals surface area (Å²) in [6, 6.07) is 21.0. The molecule has 0 spiro atoms. The summed E-state index contributed by atoms with van der Waals surface area (Å²) < 4.78 is 2.14. The number of hydrogen-bond donors (Lipinski definition) is 1. The Morgan fingerprint density at radius 2 is 1.73 bits per heavy atom. The summed E-state index contributed by atoms with van der Waals surface area (Å²) in [5.74, 6) is -0.188. The lowest BCUT2D eigenvalue weighted by atomic mass is 10.1. The molecule has 3 aromatic carbocycles. The predicted octanol–water partition coefficient (Wildman–Crippen LogP) is 7.54. The van der Waals surface area contributed by atoms with Crippen LogP contribution in [-0.2, 0) is 11.3 Å². The number of benzene rings is 3. The van der Waals surface area contributed by atoms with Crippen molar-refractivity contribution in [2.24, 2.45) is 4.99 Å². The van der Waals surface area contributed by atoms with E-state index < -0.39 is 0 Å². The van der Waals surface area contributed by atoms with E-state index in [9.17, 15) is 4.79 Å². The van der Waals surface area contributed by atoms with Crippen LogP contribution in [0.4, 0.5) is 5.69 Å². The van der Waals surface area contributed by atoms with Crippen molar-refractivity contribution < 1.29 is 4.79 Å². The van der Waals surface area contributed by atoms with Crippen LogP contribution in [-0.4, -0.2) is 15.6 Å². The molecule has 0 bridgehead atoms. The average molecular weight is 513 g/mol. The molecule has 1 amide bonds. The Kier molecular flexibility index (Phi) is 6.21. The smallest absolute Gasteiger partial charge is 0.264 e. The highest BCUT2D eigenvalue weighted by Crippen LogP contribution is 2.33. The number of hydrogen-bond acceptors (Lipinski definition) is 3. The fourth-order valence-corrected chi connectivity index (χ4v) is 4.95. The monoisotopic (exact) mass is 511 g/mol. The summed E-state index contributed by atoms with van der Waals surface area (Å²) >= 11 is 19.7. The summed E-state index contributed by atoms with van der Waals surface area (Å²) in [6.07, 6.45) is 3.93. The minimum atomic E-state index is -0.188. The lowest BCUT2D eigenvalue weighted by Gasteiger charge is -2.06. The first-order valence-corrected chi connectivity index (χ1v) is 12.0. The first kappa shape index (κ1) is 22.1. The lowest BCUT2D eigenvalue weighted by Crippen LogP contribution is -2.19. The van der Waals surface area contributed by atoms with Gasteiger partial charge in [0.15, 0.2) is 5.17 Å². The fourth-order valence-electron chi connectivity index (χ4n) is 3.63. The molecular formula is C25H16Cl3N3OS. The molecule has 1 aromatic heterocycles. The van der Waals surface area contributed by atoms with Gasteiger partial charge in [-0.05, 0) is 53.7 Å². The fraction of sp³-hybridized carbons (Fsp3) is 0.0400. The molecular weight excluding hydrogens is 497 g/mol.